The first kappa shape index (κ1) is 15.6. The van der Waals surface area contributed by atoms with Crippen LogP contribution in [0.5, 0.6) is 0 Å². The van der Waals surface area contributed by atoms with Gasteiger partial charge in [-0.1, -0.05) is 0 Å². The molecule has 0 unspecified atom stereocenters. The molecule has 0 saturated heterocycles. The summed E-state index contributed by atoms with van der Waals surface area (Å²) in [4.78, 5) is 33.5. The van der Waals surface area contributed by atoms with E-state index >= 15 is 0 Å². The Hall–Kier alpha value is -2.41. The van der Waals surface area contributed by atoms with Gasteiger partial charge in [0.25, 0.3) is 0 Å². The molecule has 0 amide bonds. The molecule has 0 spiro atoms. The number of carboxylic acids is 3. The molecule has 0 heterocycles. The van der Waals surface area contributed by atoms with E-state index < -0.39 is 29.0 Å². The van der Waals surface area contributed by atoms with Crippen LogP contribution >= 0.6 is 0 Å². The molecule has 0 radical (unpaired) electrons. The number of carboxylic acid groups (broad SMARTS) is 3. The Balaban J connectivity index is 3.65. The molecule has 0 atom stereocenters. The molecule has 0 fully saturated rings. The maximum absolute atomic E-state index is 11.3. The summed E-state index contributed by atoms with van der Waals surface area (Å²) in [6.07, 6.45) is 0.407. The average Bonchev–Trinajstić information content (AvgIpc) is 2.33. The number of carbonyl (C=O) groups is 3. The van der Waals surface area contributed by atoms with Crippen LogP contribution in [0.1, 0.15) is 48.6 Å². The Labute approximate surface area is 114 Å². The van der Waals surface area contributed by atoms with E-state index in [1.54, 1.807) is 0 Å². The van der Waals surface area contributed by atoms with E-state index in [4.69, 9.17) is 15.3 Å². The number of hydrogen-bond donors (Lipinski definition) is 4. The Kier molecular flexibility index (Phi) is 4.82. The fourth-order valence-electron chi connectivity index (χ4n) is 2.10. The molecular formula is C13H14O7. The molecule has 108 valence electrons. The highest BCUT2D eigenvalue weighted by atomic mass is 16.4. The third-order valence-electron chi connectivity index (χ3n) is 2.92. The van der Waals surface area contributed by atoms with Gasteiger partial charge in [0, 0.05) is 6.61 Å². The number of aliphatic hydroxyl groups excluding tert-OH is 1. The second-order valence-electron chi connectivity index (χ2n) is 4.20. The molecule has 0 aliphatic carbocycles. The summed E-state index contributed by atoms with van der Waals surface area (Å²) in [6, 6.07) is 1.05. The van der Waals surface area contributed by atoms with Crippen molar-refractivity contribution in [3.8, 4) is 0 Å². The molecule has 0 aromatic heterocycles. The van der Waals surface area contributed by atoms with Crippen molar-refractivity contribution < 1.29 is 34.8 Å². The van der Waals surface area contributed by atoms with Crippen molar-refractivity contribution in [2.45, 2.75) is 19.8 Å². The van der Waals surface area contributed by atoms with E-state index in [-0.39, 0.29) is 36.1 Å². The number of aliphatic hydroxyl groups is 1. The van der Waals surface area contributed by atoms with Crippen molar-refractivity contribution in [1.29, 1.82) is 0 Å². The van der Waals surface area contributed by atoms with Gasteiger partial charge in [-0.25, -0.2) is 14.4 Å². The second kappa shape index (κ2) is 6.16. The molecule has 0 aliphatic heterocycles. The van der Waals surface area contributed by atoms with Crippen LogP contribution in [0.2, 0.25) is 0 Å². The van der Waals surface area contributed by atoms with Gasteiger partial charge < -0.3 is 20.4 Å². The van der Waals surface area contributed by atoms with Gasteiger partial charge >= 0.3 is 17.9 Å². The van der Waals surface area contributed by atoms with E-state index in [1.807, 2.05) is 0 Å². The Bertz CT molecular complexity index is 575. The second-order valence-corrected chi connectivity index (χ2v) is 4.20. The lowest BCUT2D eigenvalue weighted by Gasteiger charge is -2.14. The van der Waals surface area contributed by atoms with Crippen LogP contribution in [0, 0.1) is 6.92 Å². The number of aromatic carboxylic acids is 3. The van der Waals surface area contributed by atoms with Gasteiger partial charge in [-0.15, -0.1) is 0 Å². The van der Waals surface area contributed by atoms with Crippen LogP contribution in [0.4, 0.5) is 0 Å². The fourth-order valence-corrected chi connectivity index (χ4v) is 2.10. The van der Waals surface area contributed by atoms with Crippen molar-refractivity contribution >= 4 is 17.9 Å². The summed E-state index contributed by atoms with van der Waals surface area (Å²) >= 11 is 0. The van der Waals surface area contributed by atoms with Crippen molar-refractivity contribution in [3.63, 3.8) is 0 Å². The highest BCUT2D eigenvalue weighted by molar-refractivity contribution is 6.06. The van der Waals surface area contributed by atoms with E-state index in [0.29, 0.717) is 0 Å². The maximum Gasteiger partial charge on any atom is 0.336 e. The van der Waals surface area contributed by atoms with Crippen LogP contribution in [-0.2, 0) is 6.42 Å². The van der Waals surface area contributed by atoms with Crippen LogP contribution < -0.4 is 0 Å². The molecule has 1 rings (SSSR count). The summed E-state index contributed by atoms with van der Waals surface area (Å²) < 4.78 is 0. The molecular weight excluding hydrogens is 268 g/mol. The van der Waals surface area contributed by atoms with Crippen molar-refractivity contribution in [2.75, 3.05) is 6.61 Å². The lowest BCUT2D eigenvalue weighted by atomic mass is 9.90. The molecule has 0 aliphatic rings. The van der Waals surface area contributed by atoms with E-state index in [1.165, 1.54) is 6.92 Å². The molecule has 20 heavy (non-hydrogen) atoms. The first-order valence-electron chi connectivity index (χ1n) is 5.78. The summed E-state index contributed by atoms with van der Waals surface area (Å²) in [7, 11) is 0. The van der Waals surface area contributed by atoms with Gasteiger partial charge in [0.15, 0.2) is 0 Å². The summed E-state index contributed by atoms with van der Waals surface area (Å²) in [5.41, 5.74) is -1.10. The van der Waals surface area contributed by atoms with Crippen LogP contribution in [0.25, 0.3) is 0 Å². The quantitative estimate of drug-likeness (QED) is 0.612. The van der Waals surface area contributed by atoms with E-state index in [2.05, 4.69) is 0 Å². The predicted octanol–water partition coefficient (Wildman–Crippen LogP) is 1.01. The number of benzene rings is 1. The van der Waals surface area contributed by atoms with Gasteiger partial charge in [0.2, 0.25) is 0 Å². The Morgan fingerprint density at radius 3 is 1.95 bits per heavy atom. The fraction of sp³-hybridized carbons (Fsp3) is 0.308. The summed E-state index contributed by atoms with van der Waals surface area (Å²) in [5, 5.41) is 36.1. The van der Waals surface area contributed by atoms with Crippen LogP contribution in [0.3, 0.4) is 0 Å². The van der Waals surface area contributed by atoms with E-state index in [9.17, 15) is 19.5 Å². The number of rotatable bonds is 6. The first-order chi connectivity index (χ1) is 9.31. The molecule has 1 aromatic rings. The largest absolute Gasteiger partial charge is 0.478 e. The molecule has 0 saturated carbocycles. The lowest BCUT2D eigenvalue weighted by Crippen LogP contribution is -2.17. The molecule has 7 nitrogen and oxygen atoms in total. The lowest BCUT2D eigenvalue weighted by molar-refractivity contribution is 0.0647. The predicted molar refractivity (Wildman–Crippen MR) is 67.5 cm³/mol. The molecule has 1 aromatic carbocycles. The van der Waals surface area contributed by atoms with Crippen LogP contribution in [0.15, 0.2) is 6.07 Å². The SMILES string of the molecule is Cc1c(C(=O)O)c(CCCO)cc(C(=O)O)c1C(=O)O. The monoisotopic (exact) mass is 282 g/mol. The molecule has 7 heteroatoms. The van der Waals surface area contributed by atoms with Gasteiger partial charge in [0.05, 0.1) is 16.7 Å². The average molecular weight is 282 g/mol. The molecule has 0 bridgehead atoms. The minimum atomic E-state index is -1.49. The van der Waals surface area contributed by atoms with Gasteiger partial charge in [0.1, 0.15) is 0 Å². The summed E-state index contributed by atoms with van der Waals surface area (Å²) in [6.45, 7) is 1.09. The minimum absolute atomic E-state index is 0.0992. The van der Waals surface area contributed by atoms with Gasteiger partial charge in [-0.3, -0.25) is 0 Å². The summed E-state index contributed by atoms with van der Waals surface area (Å²) in [5.74, 6) is -4.25. The van der Waals surface area contributed by atoms with Crippen molar-refractivity contribution in [1.82, 2.24) is 0 Å². The Morgan fingerprint density at radius 2 is 1.55 bits per heavy atom. The normalized spacial score (nSPS) is 10.3. The zero-order valence-corrected chi connectivity index (χ0v) is 10.7. The van der Waals surface area contributed by atoms with Gasteiger partial charge in [-0.2, -0.15) is 0 Å². The van der Waals surface area contributed by atoms with Crippen molar-refractivity contribution in [2.24, 2.45) is 0 Å². The topological polar surface area (TPSA) is 132 Å². The standard InChI is InChI=1S/C13H14O7/c1-6-9(12(17)18)7(3-2-4-14)5-8(11(15)16)10(6)13(19)20/h5,14H,2-4H2,1H3,(H,15,16)(H,17,18)(H,19,20). The highest BCUT2D eigenvalue weighted by Crippen LogP contribution is 2.25. The first-order valence-corrected chi connectivity index (χ1v) is 5.78. The van der Waals surface area contributed by atoms with Crippen LogP contribution in [-0.4, -0.2) is 44.9 Å². The Morgan fingerprint density at radius 1 is 1.00 bits per heavy atom. The smallest absolute Gasteiger partial charge is 0.336 e. The van der Waals surface area contributed by atoms with E-state index in [0.717, 1.165) is 6.07 Å². The highest BCUT2D eigenvalue weighted by Gasteiger charge is 2.26. The zero-order valence-electron chi connectivity index (χ0n) is 10.7. The third kappa shape index (κ3) is 2.94. The van der Waals surface area contributed by atoms with Crippen molar-refractivity contribution in [3.05, 3.63) is 33.9 Å². The minimum Gasteiger partial charge on any atom is -0.478 e. The third-order valence-corrected chi connectivity index (χ3v) is 2.92. The van der Waals surface area contributed by atoms with Gasteiger partial charge in [-0.05, 0) is 37.0 Å². The molecule has 4 N–H and O–H groups in total. The number of hydrogen-bond acceptors (Lipinski definition) is 4. The maximum atomic E-state index is 11.3. The number of aryl methyl sites for hydroxylation is 1. The zero-order chi connectivity index (χ0) is 15.4.